The molecule has 0 spiro atoms. The summed E-state index contributed by atoms with van der Waals surface area (Å²) in [4.78, 5) is 5.71. The van der Waals surface area contributed by atoms with Gasteiger partial charge in [0.1, 0.15) is 12.4 Å². The Morgan fingerprint density at radius 2 is 2.24 bits per heavy atom. The van der Waals surface area contributed by atoms with Crippen LogP contribution in [0.3, 0.4) is 0 Å². The molecule has 17 heavy (non-hydrogen) atoms. The van der Waals surface area contributed by atoms with Crippen LogP contribution in [0.1, 0.15) is 16.6 Å². The molecule has 0 saturated heterocycles. The first-order valence-corrected chi connectivity index (χ1v) is 6.65. The van der Waals surface area contributed by atoms with Crippen LogP contribution in [0.2, 0.25) is 0 Å². The van der Waals surface area contributed by atoms with Crippen molar-refractivity contribution in [1.29, 1.82) is 0 Å². The van der Waals surface area contributed by atoms with Gasteiger partial charge in [-0.05, 0) is 12.1 Å². The number of ether oxygens (including phenoxy) is 1. The lowest BCUT2D eigenvalue weighted by Crippen LogP contribution is -2.32. The largest absolute Gasteiger partial charge is 0.492 e. The predicted octanol–water partition coefficient (Wildman–Crippen LogP) is 2.41. The lowest BCUT2D eigenvalue weighted by Gasteiger charge is -2.23. The summed E-state index contributed by atoms with van der Waals surface area (Å²) in [5.74, 6) is 0.922. The molecule has 3 nitrogen and oxygen atoms in total. The quantitative estimate of drug-likeness (QED) is 0.903. The predicted molar refractivity (Wildman–Crippen MR) is 68.5 cm³/mol. The highest BCUT2D eigenvalue weighted by atomic mass is 32.1. The van der Waals surface area contributed by atoms with Crippen molar-refractivity contribution in [3.05, 3.63) is 46.4 Å². The van der Waals surface area contributed by atoms with E-state index in [1.165, 1.54) is 10.6 Å². The van der Waals surface area contributed by atoms with E-state index in [4.69, 9.17) is 4.74 Å². The molecule has 4 heteroatoms. The van der Waals surface area contributed by atoms with Gasteiger partial charge in [-0.2, -0.15) is 0 Å². The molecule has 2 heterocycles. The van der Waals surface area contributed by atoms with E-state index in [2.05, 4.69) is 10.3 Å². The Labute approximate surface area is 104 Å². The molecule has 1 aromatic heterocycles. The van der Waals surface area contributed by atoms with E-state index >= 15 is 0 Å². The molecule has 0 fully saturated rings. The van der Waals surface area contributed by atoms with Crippen LogP contribution in [0.15, 0.2) is 35.8 Å². The maximum Gasteiger partial charge on any atom is 0.119 e. The molecule has 1 atom stereocenters. The Morgan fingerprint density at radius 1 is 1.35 bits per heavy atom. The summed E-state index contributed by atoms with van der Waals surface area (Å²) in [6, 6.07) is 10.2. The number of benzene rings is 1. The van der Waals surface area contributed by atoms with Crippen LogP contribution >= 0.6 is 11.3 Å². The third-order valence-electron chi connectivity index (χ3n) is 2.90. The van der Waals surface area contributed by atoms with E-state index in [1.807, 2.05) is 35.8 Å². The zero-order chi connectivity index (χ0) is 11.5. The molecule has 2 aromatic rings. The number of hydrogen-bond donors (Lipinski definition) is 1. The fourth-order valence-electron chi connectivity index (χ4n) is 2.04. The second-order valence-corrected chi connectivity index (χ2v) is 4.93. The Balaban J connectivity index is 1.68. The number of aromatic nitrogens is 1. The first-order chi connectivity index (χ1) is 8.43. The van der Waals surface area contributed by atoms with Gasteiger partial charge in [-0.15, -0.1) is 11.3 Å². The van der Waals surface area contributed by atoms with Gasteiger partial charge in [-0.3, -0.25) is 0 Å². The summed E-state index contributed by atoms with van der Waals surface area (Å²) in [6.07, 6.45) is 1.03. The molecular formula is C13H14N2OS. The van der Waals surface area contributed by atoms with Crippen molar-refractivity contribution in [2.24, 2.45) is 0 Å². The highest BCUT2D eigenvalue weighted by Gasteiger charge is 2.22. The maximum absolute atomic E-state index is 5.79. The molecule has 1 aromatic carbocycles. The number of thiazole rings is 1. The van der Waals surface area contributed by atoms with Crippen LogP contribution in [0.5, 0.6) is 5.75 Å². The average molecular weight is 246 g/mol. The summed E-state index contributed by atoms with van der Waals surface area (Å²) < 4.78 is 5.79. The van der Waals surface area contributed by atoms with Crippen LogP contribution in [-0.2, 0) is 6.42 Å². The van der Waals surface area contributed by atoms with Crippen molar-refractivity contribution in [3.8, 4) is 5.75 Å². The fourth-order valence-corrected chi connectivity index (χ4v) is 2.94. The standard InChI is InChI=1S/C13H14N2OS/c1-2-4-10(5-3-1)16-8-12-13-11(6-7-14-12)15-9-17-13/h1-5,9,12,14H,6-8H2. The SMILES string of the molecule is c1ccc(OCC2NCCc3ncsc32)cc1. The van der Waals surface area contributed by atoms with Gasteiger partial charge < -0.3 is 10.1 Å². The fraction of sp³-hybridized carbons (Fsp3) is 0.308. The Hall–Kier alpha value is -1.39. The smallest absolute Gasteiger partial charge is 0.119 e. The number of rotatable bonds is 3. The third-order valence-corrected chi connectivity index (χ3v) is 3.89. The summed E-state index contributed by atoms with van der Waals surface area (Å²) in [5.41, 5.74) is 3.16. The van der Waals surface area contributed by atoms with Crippen molar-refractivity contribution in [2.45, 2.75) is 12.5 Å². The average Bonchev–Trinajstić information content (AvgIpc) is 2.86. The van der Waals surface area contributed by atoms with E-state index in [0.29, 0.717) is 6.61 Å². The molecule has 1 unspecified atom stereocenters. The van der Waals surface area contributed by atoms with Crippen LogP contribution in [0, 0.1) is 0 Å². The van der Waals surface area contributed by atoms with Crippen LogP contribution in [-0.4, -0.2) is 18.1 Å². The minimum absolute atomic E-state index is 0.284. The number of nitrogens with zero attached hydrogens (tertiary/aromatic N) is 1. The van der Waals surface area contributed by atoms with Crippen molar-refractivity contribution < 1.29 is 4.74 Å². The molecule has 0 saturated carbocycles. The van der Waals surface area contributed by atoms with Gasteiger partial charge in [0.05, 0.1) is 17.2 Å². The molecule has 0 bridgehead atoms. The second kappa shape index (κ2) is 4.85. The number of para-hydroxylation sites is 1. The number of hydrogen-bond acceptors (Lipinski definition) is 4. The Morgan fingerprint density at radius 3 is 3.12 bits per heavy atom. The van der Waals surface area contributed by atoms with Crippen molar-refractivity contribution in [2.75, 3.05) is 13.2 Å². The summed E-state index contributed by atoms with van der Waals surface area (Å²) in [6.45, 7) is 1.65. The third kappa shape index (κ3) is 2.33. The lowest BCUT2D eigenvalue weighted by molar-refractivity contribution is 0.263. The molecule has 0 amide bonds. The lowest BCUT2D eigenvalue weighted by atomic mass is 10.1. The van der Waals surface area contributed by atoms with E-state index in [-0.39, 0.29) is 6.04 Å². The van der Waals surface area contributed by atoms with E-state index < -0.39 is 0 Å². The zero-order valence-electron chi connectivity index (χ0n) is 9.43. The highest BCUT2D eigenvalue weighted by molar-refractivity contribution is 7.09. The van der Waals surface area contributed by atoms with E-state index in [9.17, 15) is 0 Å². The number of fused-ring (bicyclic) bond motifs is 1. The second-order valence-electron chi connectivity index (χ2n) is 4.04. The van der Waals surface area contributed by atoms with Crippen LogP contribution in [0.25, 0.3) is 0 Å². The Kier molecular flexibility index (Phi) is 3.07. The summed E-state index contributed by atoms with van der Waals surface area (Å²) in [5, 5.41) is 3.48. The van der Waals surface area contributed by atoms with Crippen LogP contribution < -0.4 is 10.1 Å². The summed E-state index contributed by atoms with van der Waals surface area (Å²) in [7, 11) is 0. The molecule has 88 valence electrons. The maximum atomic E-state index is 5.79. The van der Waals surface area contributed by atoms with Gasteiger partial charge >= 0.3 is 0 Å². The van der Waals surface area contributed by atoms with Crippen molar-refractivity contribution in [1.82, 2.24) is 10.3 Å². The molecule has 1 aliphatic rings. The first kappa shape index (κ1) is 10.7. The van der Waals surface area contributed by atoms with Gasteiger partial charge in [-0.25, -0.2) is 4.98 Å². The molecule has 1 aliphatic heterocycles. The van der Waals surface area contributed by atoms with Gasteiger partial charge in [0.2, 0.25) is 0 Å². The first-order valence-electron chi connectivity index (χ1n) is 5.77. The molecule has 0 aliphatic carbocycles. The minimum Gasteiger partial charge on any atom is -0.492 e. The van der Waals surface area contributed by atoms with Crippen molar-refractivity contribution in [3.63, 3.8) is 0 Å². The van der Waals surface area contributed by atoms with Crippen LogP contribution in [0.4, 0.5) is 0 Å². The monoisotopic (exact) mass is 246 g/mol. The molecule has 3 rings (SSSR count). The van der Waals surface area contributed by atoms with E-state index in [0.717, 1.165) is 18.7 Å². The molecule has 0 radical (unpaired) electrons. The van der Waals surface area contributed by atoms with E-state index in [1.54, 1.807) is 11.3 Å². The van der Waals surface area contributed by atoms with Gasteiger partial charge in [0.25, 0.3) is 0 Å². The van der Waals surface area contributed by atoms with Gasteiger partial charge in [0.15, 0.2) is 0 Å². The normalized spacial score (nSPS) is 18.7. The van der Waals surface area contributed by atoms with Gasteiger partial charge in [0, 0.05) is 17.8 Å². The summed E-state index contributed by atoms with van der Waals surface area (Å²) >= 11 is 1.72. The molecule has 1 N–H and O–H groups in total. The topological polar surface area (TPSA) is 34.1 Å². The Bertz CT molecular complexity index is 483. The zero-order valence-corrected chi connectivity index (χ0v) is 10.2. The molecular weight excluding hydrogens is 232 g/mol. The minimum atomic E-state index is 0.284. The highest BCUT2D eigenvalue weighted by Crippen LogP contribution is 2.26. The van der Waals surface area contributed by atoms with Gasteiger partial charge in [-0.1, -0.05) is 18.2 Å². The van der Waals surface area contributed by atoms with Crippen molar-refractivity contribution >= 4 is 11.3 Å². The number of nitrogens with one attached hydrogen (secondary N) is 1.